The average Bonchev–Trinajstić information content (AvgIpc) is 3.37. The first kappa shape index (κ1) is 24.4. The van der Waals surface area contributed by atoms with E-state index in [0.717, 1.165) is 35.1 Å². The number of aryl methyl sites for hydroxylation is 1. The summed E-state index contributed by atoms with van der Waals surface area (Å²) in [7, 11) is 3.19. The number of hydrogen-bond acceptors (Lipinski definition) is 5. The first-order valence-electron chi connectivity index (χ1n) is 12.3. The van der Waals surface area contributed by atoms with Crippen LogP contribution in [0.5, 0.6) is 11.6 Å². The number of nitrogens with one attached hydrogen (secondary N) is 1. The second kappa shape index (κ2) is 10.7. The number of ether oxygens (including phenoxy) is 2. The number of amides is 2. The average molecular weight is 499 g/mol. The number of benzene rings is 2. The van der Waals surface area contributed by atoms with Crippen LogP contribution in [0.25, 0.3) is 10.9 Å². The summed E-state index contributed by atoms with van der Waals surface area (Å²) in [5.41, 5.74) is 3.37. The van der Waals surface area contributed by atoms with E-state index < -0.39 is 0 Å². The molecule has 1 saturated heterocycles. The topological polar surface area (TPSA) is 87.8 Å². The molecule has 4 aromatic rings. The number of pyridine rings is 1. The SMILES string of the molecule is COc1cccc(CN2C(=O)CN(C(=O)c3cc4cc(OC)ncc4[nH]3)C[C@@H]2CCc2ccccc2)c1. The molecule has 1 N–H and O–H groups in total. The number of methoxy groups -OCH3 is 2. The smallest absolute Gasteiger partial charge is 0.270 e. The Labute approximate surface area is 215 Å². The zero-order valence-corrected chi connectivity index (χ0v) is 21.0. The summed E-state index contributed by atoms with van der Waals surface area (Å²) in [6.07, 6.45) is 3.20. The predicted molar refractivity (Wildman–Crippen MR) is 141 cm³/mol. The Balaban J connectivity index is 1.38. The van der Waals surface area contributed by atoms with Gasteiger partial charge < -0.3 is 24.3 Å². The maximum Gasteiger partial charge on any atom is 0.270 e. The van der Waals surface area contributed by atoms with Crippen LogP contribution in [0.3, 0.4) is 0 Å². The van der Waals surface area contributed by atoms with Gasteiger partial charge in [0.15, 0.2) is 0 Å². The highest BCUT2D eigenvalue weighted by Gasteiger charge is 2.35. The molecular weight excluding hydrogens is 468 g/mol. The largest absolute Gasteiger partial charge is 0.497 e. The quantitative estimate of drug-likeness (QED) is 0.396. The normalized spacial score (nSPS) is 15.7. The van der Waals surface area contributed by atoms with Crippen molar-refractivity contribution in [3.63, 3.8) is 0 Å². The van der Waals surface area contributed by atoms with Crippen LogP contribution in [0.4, 0.5) is 0 Å². The van der Waals surface area contributed by atoms with E-state index in [2.05, 4.69) is 22.1 Å². The second-order valence-electron chi connectivity index (χ2n) is 9.23. The number of carbonyl (C=O) groups is 2. The predicted octanol–water partition coefficient (Wildman–Crippen LogP) is 4.07. The van der Waals surface area contributed by atoms with Crippen LogP contribution in [0.15, 0.2) is 72.9 Å². The third-order valence-corrected chi connectivity index (χ3v) is 6.82. The number of hydrogen-bond donors (Lipinski definition) is 1. The van der Waals surface area contributed by atoms with Crippen molar-refractivity contribution in [2.45, 2.75) is 25.4 Å². The van der Waals surface area contributed by atoms with Gasteiger partial charge in [-0.25, -0.2) is 4.98 Å². The number of carbonyl (C=O) groups excluding carboxylic acids is 2. The summed E-state index contributed by atoms with van der Waals surface area (Å²) in [4.78, 5) is 37.8. The van der Waals surface area contributed by atoms with Crippen molar-refractivity contribution >= 4 is 22.7 Å². The summed E-state index contributed by atoms with van der Waals surface area (Å²) >= 11 is 0. The second-order valence-corrected chi connectivity index (χ2v) is 9.23. The lowest BCUT2D eigenvalue weighted by molar-refractivity contribution is -0.139. The number of fused-ring (bicyclic) bond motifs is 1. The minimum absolute atomic E-state index is 0.0293. The van der Waals surface area contributed by atoms with Gasteiger partial charge in [-0.3, -0.25) is 9.59 Å². The van der Waals surface area contributed by atoms with Gasteiger partial charge in [0.2, 0.25) is 11.8 Å². The number of aromatic nitrogens is 2. The monoisotopic (exact) mass is 498 g/mol. The van der Waals surface area contributed by atoms with Crippen LogP contribution in [-0.4, -0.2) is 64.9 Å². The molecule has 0 radical (unpaired) electrons. The molecule has 0 unspecified atom stereocenters. The molecule has 0 aliphatic carbocycles. The number of piperazine rings is 1. The molecule has 2 aromatic carbocycles. The van der Waals surface area contributed by atoms with E-state index in [0.29, 0.717) is 24.7 Å². The van der Waals surface area contributed by atoms with Gasteiger partial charge in [0.1, 0.15) is 18.0 Å². The summed E-state index contributed by atoms with van der Waals surface area (Å²) in [5, 5.41) is 0.832. The van der Waals surface area contributed by atoms with E-state index in [1.54, 1.807) is 37.4 Å². The van der Waals surface area contributed by atoms with Crippen molar-refractivity contribution in [3.05, 3.63) is 89.7 Å². The molecule has 2 aromatic heterocycles. The number of H-pyrrole nitrogens is 1. The van der Waals surface area contributed by atoms with E-state index in [-0.39, 0.29) is 24.4 Å². The fraction of sp³-hybridized carbons (Fsp3) is 0.276. The Morgan fingerprint density at radius 1 is 1.03 bits per heavy atom. The molecular formula is C29H30N4O4. The van der Waals surface area contributed by atoms with Crippen molar-refractivity contribution in [2.24, 2.45) is 0 Å². The Hall–Kier alpha value is -4.33. The molecule has 8 nitrogen and oxygen atoms in total. The highest BCUT2D eigenvalue weighted by Crippen LogP contribution is 2.24. The number of rotatable bonds is 8. The first-order valence-corrected chi connectivity index (χ1v) is 12.3. The first-order chi connectivity index (χ1) is 18.0. The van der Waals surface area contributed by atoms with Gasteiger partial charge in [-0.2, -0.15) is 0 Å². The fourth-order valence-electron chi connectivity index (χ4n) is 4.85. The summed E-state index contributed by atoms with van der Waals surface area (Å²) < 4.78 is 10.6. The number of nitrogens with zero attached hydrogens (tertiary/aromatic N) is 3. The van der Waals surface area contributed by atoms with Crippen LogP contribution >= 0.6 is 0 Å². The van der Waals surface area contributed by atoms with Gasteiger partial charge in [-0.05, 0) is 42.2 Å². The molecule has 190 valence electrons. The molecule has 1 atom stereocenters. The molecule has 1 aliphatic heterocycles. The molecule has 0 saturated carbocycles. The molecule has 0 spiro atoms. The Morgan fingerprint density at radius 3 is 2.62 bits per heavy atom. The summed E-state index contributed by atoms with van der Waals surface area (Å²) in [5.74, 6) is 0.964. The highest BCUT2D eigenvalue weighted by molar-refractivity contribution is 6.00. The van der Waals surface area contributed by atoms with Crippen molar-refractivity contribution in [3.8, 4) is 11.6 Å². The van der Waals surface area contributed by atoms with Crippen molar-refractivity contribution < 1.29 is 19.1 Å². The van der Waals surface area contributed by atoms with E-state index in [4.69, 9.17) is 9.47 Å². The van der Waals surface area contributed by atoms with Gasteiger partial charge in [0.25, 0.3) is 5.91 Å². The van der Waals surface area contributed by atoms with Crippen LogP contribution in [-0.2, 0) is 17.8 Å². The van der Waals surface area contributed by atoms with Crippen LogP contribution in [0, 0.1) is 0 Å². The van der Waals surface area contributed by atoms with E-state index in [1.165, 1.54) is 5.56 Å². The van der Waals surface area contributed by atoms with Crippen LogP contribution < -0.4 is 9.47 Å². The standard InChI is InChI=1S/C29H30N4O4/c1-36-24-10-6-9-21(13-24)17-33-23(12-11-20-7-4-3-5-8-20)18-32(19-28(33)34)29(35)25-14-22-15-27(37-2)30-16-26(22)31-25/h3-10,13-16,23,31H,11-12,17-19H2,1-2H3/t23-/m0/s1. The third kappa shape index (κ3) is 5.43. The molecule has 1 aliphatic rings. The lowest BCUT2D eigenvalue weighted by atomic mass is 10.0. The van der Waals surface area contributed by atoms with Gasteiger partial charge in [-0.15, -0.1) is 0 Å². The van der Waals surface area contributed by atoms with Crippen LogP contribution in [0.1, 0.15) is 28.0 Å². The molecule has 8 heteroatoms. The minimum atomic E-state index is -0.200. The van der Waals surface area contributed by atoms with E-state index in [9.17, 15) is 9.59 Å². The zero-order valence-electron chi connectivity index (χ0n) is 21.0. The van der Waals surface area contributed by atoms with Crippen molar-refractivity contribution in [1.82, 2.24) is 19.8 Å². The lowest BCUT2D eigenvalue weighted by Gasteiger charge is -2.41. The summed E-state index contributed by atoms with van der Waals surface area (Å²) in [6.45, 7) is 0.954. The molecule has 37 heavy (non-hydrogen) atoms. The van der Waals surface area contributed by atoms with E-state index in [1.807, 2.05) is 47.4 Å². The lowest BCUT2D eigenvalue weighted by Crippen LogP contribution is -2.57. The maximum absolute atomic E-state index is 13.5. The minimum Gasteiger partial charge on any atom is -0.497 e. The highest BCUT2D eigenvalue weighted by atomic mass is 16.5. The van der Waals surface area contributed by atoms with Gasteiger partial charge in [-0.1, -0.05) is 42.5 Å². The van der Waals surface area contributed by atoms with E-state index >= 15 is 0 Å². The molecule has 5 rings (SSSR count). The maximum atomic E-state index is 13.5. The van der Waals surface area contributed by atoms with Gasteiger partial charge in [0, 0.05) is 24.5 Å². The molecule has 1 fully saturated rings. The Morgan fingerprint density at radius 2 is 1.84 bits per heavy atom. The molecule has 0 bridgehead atoms. The number of aromatic amines is 1. The summed E-state index contributed by atoms with van der Waals surface area (Å²) in [6, 6.07) is 21.4. The molecule has 2 amide bonds. The Kier molecular flexibility index (Phi) is 7.07. The third-order valence-electron chi connectivity index (χ3n) is 6.82. The van der Waals surface area contributed by atoms with Gasteiger partial charge >= 0.3 is 0 Å². The van der Waals surface area contributed by atoms with Crippen LogP contribution in [0.2, 0.25) is 0 Å². The Bertz CT molecular complexity index is 1400. The zero-order chi connectivity index (χ0) is 25.8. The van der Waals surface area contributed by atoms with Crippen molar-refractivity contribution in [1.29, 1.82) is 0 Å². The molecule has 3 heterocycles. The van der Waals surface area contributed by atoms with Gasteiger partial charge in [0.05, 0.1) is 32.0 Å². The fourth-order valence-corrected chi connectivity index (χ4v) is 4.85. The van der Waals surface area contributed by atoms with Crippen molar-refractivity contribution in [2.75, 3.05) is 27.3 Å².